The summed E-state index contributed by atoms with van der Waals surface area (Å²) < 4.78 is 5.68. The lowest BCUT2D eigenvalue weighted by molar-refractivity contribution is 0.286. The third-order valence-electron chi connectivity index (χ3n) is 2.60. The van der Waals surface area contributed by atoms with Gasteiger partial charge in [0.05, 0.1) is 0 Å². The van der Waals surface area contributed by atoms with E-state index in [0.717, 1.165) is 17.9 Å². The SMILES string of the molecule is CC1=C2C3=CC=CC=C2OC(=C1)C3. The van der Waals surface area contributed by atoms with Crippen LogP contribution in [0.4, 0.5) is 0 Å². The number of rotatable bonds is 0. The predicted molar refractivity (Wildman–Crippen MR) is 51.8 cm³/mol. The largest absolute Gasteiger partial charge is 0.461 e. The van der Waals surface area contributed by atoms with E-state index < -0.39 is 0 Å². The fourth-order valence-corrected chi connectivity index (χ4v) is 2.08. The first-order chi connectivity index (χ1) is 6.34. The van der Waals surface area contributed by atoms with Gasteiger partial charge >= 0.3 is 0 Å². The molecular weight excluding hydrogens is 160 g/mol. The maximum atomic E-state index is 5.68. The highest BCUT2D eigenvalue weighted by Gasteiger charge is 2.27. The summed E-state index contributed by atoms with van der Waals surface area (Å²) in [7, 11) is 0. The van der Waals surface area contributed by atoms with Gasteiger partial charge < -0.3 is 4.74 Å². The molecule has 0 unspecified atom stereocenters. The predicted octanol–water partition coefficient (Wildman–Crippen LogP) is 3.00. The Bertz CT molecular complexity index is 398. The third kappa shape index (κ3) is 0.872. The minimum Gasteiger partial charge on any atom is -0.461 e. The molecule has 4 aliphatic rings. The van der Waals surface area contributed by atoms with Crippen molar-refractivity contribution in [2.75, 3.05) is 0 Å². The molecule has 1 fully saturated rings. The van der Waals surface area contributed by atoms with Crippen LogP contribution in [0.5, 0.6) is 0 Å². The van der Waals surface area contributed by atoms with Crippen LogP contribution in [0.1, 0.15) is 13.3 Å². The van der Waals surface area contributed by atoms with Crippen molar-refractivity contribution in [3.8, 4) is 0 Å². The Balaban J connectivity index is 2.31. The summed E-state index contributed by atoms with van der Waals surface area (Å²) in [6.07, 6.45) is 11.4. The molecule has 13 heavy (non-hydrogen) atoms. The Kier molecular flexibility index (Phi) is 1.21. The van der Waals surface area contributed by atoms with E-state index in [1.54, 1.807) is 0 Å². The molecule has 0 radical (unpaired) electrons. The Hall–Kier alpha value is -1.50. The van der Waals surface area contributed by atoms with E-state index in [2.05, 4.69) is 25.2 Å². The van der Waals surface area contributed by atoms with Gasteiger partial charge in [0.15, 0.2) is 0 Å². The van der Waals surface area contributed by atoms with Crippen molar-refractivity contribution in [3.63, 3.8) is 0 Å². The van der Waals surface area contributed by atoms with E-state index >= 15 is 0 Å². The molecule has 1 heteroatoms. The molecule has 64 valence electrons. The first kappa shape index (κ1) is 6.96. The smallest absolute Gasteiger partial charge is 0.134 e. The first-order valence-electron chi connectivity index (χ1n) is 4.52. The molecule has 0 aromatic carbocycles. The van der Waals surface area contributed by atoms with Gasteiger partial charge in [0.1, 0.15) is 11.5 Å². The summed E-state index contributed by atoms with van der Waals surface area (Å²) in [6, 6.07) is 0. The minimum absolute atomic E-state index is 0.953. The summed E-state index contributed by atoms with van der Waals surface area (Å²) in [5.41, 5.74) is 4.01. The van der Waals surface area contributed by atoms with Crippen LogP contribution in [-0.4, -0.2) is 0 Å². The highest BCUT2D eigenvalue weighted by molar-refractivity contribution is 5.60. The zero-order valence-corrected chi connectivity index (χ0v) is 7.50. The number of hydrogen-bond donors (Lipinski definition) is 0. The fraction of sp³-hybridized carbons (Fsp3) is 0.167. The van der Waals surface area contributed by atoms with Crippen LogP contribution in [0, 0.1) is 0 Å². The van der Waals surface area contributed by atoms with Crippen LogP contribution in [0.15, 0.2) is 58.6 Å². The molecule has 4 rings (SSSR count). The van der Waals surface area contributed by atoms with Gasteiger partial charge in [-0.05, 0) is 30.2 Å². The lowest BCUT2D eigenvalue weighted by Gasteiger charge is -2.29. The number of allylic oxidation sites excluding steroid dienone is 8. The third-order valence-corrected chi connectivity index (χ3v) is 2.60. The van der Waals surface area contributed by atoms with Crippen molar-refractivity contribution in [1.29, 1.82) is 0 Å². The van der Waals surface area contributed by atoms with Gasteiger partial charge in [0.2, 0.25) is 0 Å². The van der Waals surface area contributed by atoms with E-state index in [4.69, 9.17) is 4.74 Å². The molecular formula is C12H10O. The van der Waals surface area contributed by atoms with Crippen molar-refractivity contribution in [1.82, 2.24) is 0 Å². The van der Waals surface area contributed by atoms with Crippen molar-refractivity contribution >= 4 is 0 Å². The second-order valence-corrected chi connectivity index (χ2v) is 3.56. The highest BCUT2D eigenvalue weighted by atomic mass is 16.5. The van der Waals surface area contributed by atoms with Crippen molar-refractivity contribution in [2.24, 2.45) is 0 Å². The Morgan fingerprint density at radius 2 is 2.08 bits per heavy atom. The highest BCUT2D eigenvalue weighted by Crippen LogP contribution is 2.42. The molecule has 0 aromatic heterocycles. The summed E-state index contributed by atoms with van der Waals surface area (Å²) in [5.74, 6) is 2.09. The molecule has 1 nitrogen and oxygen atoms in total. The molecule has 0 aromatic rings. The van der Waals surface area contributed by atoms with Gasteiger partial charge in [-0.25, -0.2) is 0 Å². The Labute approximate surface area is 77.4 Å². The second-order valence-electron chi connectivity index (χ2n) is 3.56. The molecule has 2 aliphatic heterocycles. The zero-order valence-electron chi connectivity index (χ0n) is 7.50. The normalized spacial score (nSPS) is 23.3. The Morgan fingerprint density at radius 3 is 2.92 bits per heavy atom. The van der Waals surface area contributed by atoms with Crippen molar-refractivity contribution in [3.05, 3.63) is 58.6 Å². The molecule has 1 saturated heterocycles. The van der Waals surface area contributed by atoms with Crippen LogP contribution in [0.2, 0.25) is 0 Å². The van der Waals surface area contributed by atoms with E-state index in [0.29, 0.717) is 0 Å². The van der Waals surface area contributed by atoms with Gasteiger partial charge in [-0.2, -0.15) is 0 Å². The van der Waals surface area contributed by atoms with Crippen molar-refractivity contribution in [2.45, 2.75) is 13.3 Å². The molecule has 2 aliphatic carbocycles. The van der Waals surface area contributed by atoms with Gasteiger partial charge in [-0.3, -0.25) is 0 Å². The lowest BCUT2D eigenvalue weighted by Crippen LogP contribution is -2.14. The van der Waals surface area contributed by atoms with Crippen LogP contribution in [0.3, 0.4) is 0 Å². The molecule has 0 spiro atoms. The topological polar surface area (TPSA) is 9.23 Å². The van der Waals surface area contributed by atoms with Crippen LogP contribution in [0.25, 0.3) is 0 Å². The quantitative estimate of drug-likeness (QED) is 0.543. The van der Waals surface area contributed by atoms with Gasteiger partial charge in [-0.1, -0.05) is 18.2 Å². The van der Waals surface area contributed by atoms with Crippen LogP contribution >= 0.6 is 0 Å². The average Bonchev–Trinajstić information content (AvgIpc) is 2.25. The molecule has 0 atom stereocenters. The van der Waals surface area contributed by atoms with Crippen LogP contribution in [-0.2, 0) is 4.74 Å². The van der Waals surface area contributed by atoms with Crippen LogP contribution < -0.4 is 0 Å². The standard InChI is InChI=1S/C12H10O/c1-8-6-10-7-9-4-2-3-5-11(13-10)12(8)9/h2-6H,7H2,1H3. The second kappa shape index (κ2) is 2.25. The summed E-state index contributed by atoms with van der Waals surface area (Å²) in [5, 5.41) is 0. The molecule has 0 amide bonds. The maximum absolute atomic E-state index is 5.68. The number of fused-ring (bicyclic) bond motifs is 1. The summed E-state index contributed by atoms with van der Waals surface area (Å²) in [4.78, 5) is 0. The monoisotopic (exact) mass is 170 g/mol. The minimum atomic E-state index is 0.953. The van der Waals surface area contributed by atoms with Gasteiger partial charge in [0, 0.05) is 12.0 Å². The lowest BCUT2D eigenvalue weighted by atomic mass is 9.88. The molecule has 0 N–H and O–H groups in total. The summed E-state index contributed by atoms with van der Waals surface area (Å²) in [6.45, 7) is 2.14. The van der Waals surface area contributed by atoms with E-state index in [-0.39, 0.29) is 0 Å². The maximum Gasteiger partial charge on any atom is 0.134 e. The number of ether oxygens (including phenoxy) is 1. The van der Waals surface area contributed by atoms with Crippen molar-refractivity contribution < 1.29 is 4.74 Å². The van der Waals surface area contributed by atoms with E-state index in [1.807, 2.05) is 12.2 Å². The molecule has 2 heterocycles. The van der Waals surface area contributed by atoms with Gasteiger partial charge in [0.25, 0.3) is 0 Å². The summed E-state index contributed by atoms with van der Waals surface area (Å²) >= 11 is 0. The van der Waals surface area contributed by atoms with Gasteiger partial charge in [-0.15, -0.1) is 0 Å². The Morgan fingerprint density at radius 1 is 1.23 bits per heavy atom. The average molecular weight is 170 g/mol. The zero-order chi connectivity index (χ0) is 8.84. The fourth-order valence-electron chi connectivity index (χ4n) is 2.08. The van der Waals surface area contributed by atoms with E-state index in [1.165, 1.54) is 16.7 Å². The number of hydrogen-bond acceptors (Lipinski definition) is 1. The molecule has 4 bridgehead atoms. The van der Waals surface area contributed by atoms with E-state index in [9.17, 15) is 0 Å². The molecule has 0 saturated carbocycles. The first-order valence-corrected chi connectivity index (χ1v) is 4.52.